The fraction of sp³-hybridized carbons (Fsp3) is 0.0952. The maximum atomic E-state index is 12.5. The summed E-state index contributed by atoms with van der Waals surface area (Å²) in [6.07, 6.45) is 3.41. The van der Waals surface area contributed by atoms with Crippen LogP contribution in [0.4, 0.5) is 5.69 Å². The largest absolute Gasteiger partial charge is 0.507 e. The second-order valence-electron chi connectivity index (χ2n) is 18.2. The summed E-state index contributed by atoms with van der Waals surface area (Å²) in [6, 6.07) is 63.6. The van der Waals surface area contributed by atoms with Gasteiger partial charge in [0.2, 0.25) is 0 Å². The highest BCUT2D eigenvalue weighted by molar-refractivity contribution is 6.17. The average molecular weight is 948 g/mol. The number of nitrogens with one attached hydrogen (secondary N) is 1. The van der Waals surface area contributed by atoms with Gasteiger partial charge in [0.1, 0.15) is 40.2 Å². The molecular formula is C63H53N3O6. The Kier molecular flexibility index (Phi) is 13.4. The predicted octanol–water partition coefficient (Wildman–Crippen LogP) is 12.2. The maximum absolute atomic E-state index is 12.5. The van der Waals surface area contributed by atoms with E-state index in [2.05, 4.69) is 5.43 Å². The Hall–Kier alpha value is -9.21. The number of phenolic OH excluding ortho intramolecular Hbond substituents is 6. The van der Waals surface area contributed by atoms with Crippen LogP contribution in [0.2, 0.25) is 0 Å². The number of rotatable bonds is 15. The van der Waals surface area contributed by atoms with E-state index in [0.29, 0.717) is 71.9 Å². The van der Waals surface area contributed by atoms with Gasteiger partial charge in [-0.1, -0.05) is 182 Å². The van der Waals surface area contributed by atoms with Crippen molar-refractivity contribution in [1.82, 2.24) is 5.43 Å². The highest BCUT2D eigenvalue weighted by atomic mass is 16.3. The molecule has 9 nitrogen and oxygen atoms in total. The molecule has 0 bridgehead atoms. The first-order chi connectivity index (χ1) is 35.2. The van der Waals surface area contributed by atoms with Gasteiger partial charge in [-0.15, -0.1) is 0 Å². The van der Waals surface area contributed by atoms with E-state index in [-0.39, 0.29) is 62.7 Å². The third-order valence-electron chi connectivity index (χ3n) is 13.1. The Bertz CT molecular complexity index is 3230. The summed E-state index contributed by atoms with van der Waals surface area (Å²) in [5.74, 6) is -1.48. The topological polar surface area (TPSA) is 149 Å². The molecule has 9 aromatic carbocycles. The van der Waals surface area contributed by atoms with Crippen LogP contribution in [0.1, 0.15) is 77.9 Å². The smallest absolute Gasteiger partial charge is 0.167 e. The molecule has 9 heteroatoms. The van der Waals surface area contributed by atoms with Gasteiger partial charge in [-0.2, -0.15) is 10.2 Å². The molecule has 0 fully saturated rings. The molecule has 9 aromatic rings. The van der Waals surface area contributed by atoms with Gasteiger partial charge in [-0.25, -0.2) is 0 Å². The zero-order valence-corrected chi connectivity index (χ0v) is 39.5. The lowest BCUT2D eigenvalue weighted by Crippen LogP contribution is -2.37. The average Bonchev–Trinajstić information content (AvgIpc) is 3.40. The van der Waals surface area contributed by atoms with Crippen LogP contribution in [-0.4, -0.2) is 36.4 Å². The molecule has 0 unspecified atom stereocenters. The summed E-state index contributed by atoms with van der Waals surface area (Å²) in [6.45, 7) is 0. The molecule has 0 radical (unpaired) electrons. The number of nitrogens with zero attached hydrogens (tertiary/aromatic N) is 2. The minimum absolute atomic E-state index is 0.0108. The van der Waals surface area contributed by atoms with Crippen molar-refractivity contribution in [2.75, 3.05) is 5.12 Å². The maximum Gasteiger partial charge on any atom is 0.167 e. The molecule has 0 aromatic heterocycles. The highest BCUT2D eigenvalue weighted by Gasteiger charge is 2.32. The van der Waals surface area contributed by atoms with E-state index in [1.165, 1.54) is 5.12 Å². The number of benzene rings is 9. The van der Waals surface area contributed by atoms with Crippen LogP contribution in [0.25, 0.3) is 5.70 Å². The molecule has 0 aliphatic carbocycles. The van der Waals surface area contributed by atoms with Gasteiger partial charge < -0.3 is 30.6 Å². The molecule has 0 amide bonds. The summed E-state index contributed by atoms with van der Waals surface area (Å²) in [7, 11) is 0. The summed E-state index contributed by atoms with van der Waals surface area (Å²) in [5.41, 5.74) is 11.9. The van der Waals surface area contributed by atoms with Gasteiger partial charge in [0.25, 0.3) is 0 Å². The lowest BCUT2D eigenvalue weighted by Gasteiger charge is -2.31. The molecule has 1 aliphatic rings. The number of hydrogen-bond donors (Lipinski definition) is 7. The molecule has 1 heterocycles. The van der Waals surface area contributed by atoms with E-state index in [4.69, 9.17) is 5.10 Å². The van der Waals surface area contributed by atoms with E-state index in [9.17, 15) is 30.6 Å². The van der Waals surface area contributed by atoms with Crippen molar-refractivity contribution in [1.29, 1.82) is 0 Å². The van der Waals surface area contributed by atoms with Crippen molar-refractivity contribution < 1.29 is 30.6 Å². The molecule has 1 aliphatic heterocycles. The summed E-state index contributed by atoms with van der Waals surface area (Å²) >= 11 is 0. The number of hydrogen-bond acceptors (Lipinski definition) is 9. The normalized spacial score (nSPS) is 12.2. The third-order valence-corrected chi connectivity index (χ3v) is 13.1. The molecule has 0 spiro atoms. The van der Waals surface area contributed by atoms with Crippen LogP contribution in [0, 0.1) is 0 Å². The standard InChI is InChI=1S/C63H53N3O6/c67-58-47(31-41-19-7-1-8-20-41)37-48(32-42-21-9-2-10-22-42)59(68)55(58)53-40-54(56-60(69)49(33-43-23-11-3-12-24-43)38-50(61(56)70)34-44-25-13-4-14-26-44)65-66(64-53)57-62(71)51(35-45-27-15-5-16-28-45)39-52(63(57)72)36-46-29-17-6-18-30-46/h1-30,37-40,64,67-72H,31-36H2. The first-order valence-electron chi connectivity index (χ1n) is 24.0. The summed E-state index contributed by atoms with van der Waals surface area (Å²) in [4.78, 5) is 0. The van der Waals surface area contributed by atoms with Gasteiger partial charge in [-0.05, 0) is 79.9 Å². The van der Waals surface area contributed by atoms with Crippen LogP contribution in [0.15, 0.2) is 211 Å². The molecule has 7 N–H and O–H groups in total. The predicted molar refractivity (Wildman–Crippen MR) is 285 cm³/mol. The third kappa shape index (κ3) is 10.1. The number of hydrazone groups is 1. The molecule has 0 atom stereocenters. The highest BCUT2D eigenvalue weighted by Crippen LogP contribution is 2.48. The Morgan fingerprint density at radius 1 is 0.319 bits per heavy atom. The minimum Gasteiger partial charge on any atom is -0.507 e. The zero-order chi connectivity index (χ0) is 49.6. The lowest BCUT2D eigenvalue weighted by atomic mass is 9.90. The van der Waals surface area contributed by atoms with Crippen molar-refractivity contribution in [3.63, 3.8) is 0 Å². The Morgan fingerprint density at radius 3 is 0.847 bits per heavy atom. The first-order valence-corrected chi connectivity index (χ1v) is 24.0. The van der Waals surface area contributed by atoms with Crippen molar-refractivity contribution in [2.45, 2.75) is 38.5 Å². The number of anilines is 1. The van der Waals surface area contributed by atoms with E-state index in [1.54, 1.807) is 18.2 Å². The van der Waals surface area contributed by atoms with E-state index in [0.717, 1.165) is 33.4 Å². The summed E-state index contributed by atoms with van der Waals surface area (Å²) < 4.78 is 0. The summed E-state index contributed by atoms with van der Waals surface area (Å²) in [5, 5.41) is 81.4. The van der Waals surface area contributed by atoms with Crippen LogP contribution in [0.5, 0.6) is 34.5 Å². The Morgan fingerprint density at radius 2 is 0.569 bits per heavy atom. The van der Waals surface area contributed by atoms with Crippen molar-refractivity contribution >= 4 is 17.1 Å². The van der Waals surface area contributed by atoms with Crippen molar-refractivity contribution in [2.24, 2.45) is 5.10 Å². The quantitative estimate of drug-likeness (QED) is 0.0537. The Labute approximate surface area is 418 Å². The first kappa shape index (κ1) is 46.5. The fourth-order valence-corrected chi connectivity index (χ4v) is 9.53. The van der Waals surface area contributed by atoms with Crippen LogP contribution >= 0.6 is 0 Å². The second-order valence-corrected chi connectivity index (χ2v) is 18.2. The van der Waals surface area contributed by atoms with Gasteiger partial charge in [0.15, 0.2) is 5.69 Å². The monoisotopic (exact) mass is 947 g/mol. The van der Waals surface area contributed by atoms with Gasteiger partial charge in [0.05, 0.1) is 16.8 Å². The van der Waals surface area contributed by atoms with Crippen LogP contribution in [0.3, 0.4) is 0 Å². The van der Waals surface area contributed by atoms with Crippen LogP contribution < -0.4 is 10.5 Å². The Balaban J connectivity index is 1.22. The SMILES string of the molecule is Oc1c(Cc2ccccc2)cc(Cc2ccccc2)c(O)c1C1=CC(c2c(O)c(Cc3ccccc3)cc(Cc3ccccc3)c2O)=NN(c2c(O)c(Cc3ccccc3)cc(Cc3ccccc3)c2O)N1. The number of hydrazine groups is 1. The molecule has 10 rings (SSSR count). The van der Waals surface area contributed by atoms with E-state index < -0.39 is 0 Å². The molecular weight excluding hydrogens is 895 g/mol. The van der Waals surface area contributed by atoms with E-state index in [1.807, 2.05) is 188 Å². The zero-order valence-electron chi connectivity index (χ0n) is 39.5. The van der Waals surface area contributed by atoms with Gasteiger partial charge >= 0.3 is 0 Å². The lowest BCUT2D eigenvalue weighted by molar-refractivity contribution is 0.437. The van der Waals surface area contributed by atoms with Crippen molar-refractivity contribution in [3.8, 4) is 34.5 Å². The number of aromatic hydroxyl groups is 6. The molecule has 72 heavy (non-hydrogen) atoms. The van der Waals surface area contributed by atoms with Gasteiger partial charge in [-0.3, -0.25) is 5.43 Å². The number of phenols is 6. The molecule has 356 valence electrons. The van der Waals surface area contributed by atoms with Gasteiger partial charge in [0, 0.05) is 49.7 Å². The number of allylic oxidation sites excluding steroid dienone is 1. The molecule has 0 saturated carbocycles. The van der Waals surface area contributed by atoms with E-state index >= 15 is 0 Å². The van der Waals surface area contributed by atoms with Crippen LogP contribution in [-0.2, 0) is 38.5 Å². The fourth-order valence-electron chi connectivity index (χ4n) is 9.53. The minimum atomic E-state index is -0.280. The molecule has 0 saturated heterocycles. The second kappa shape index (κ2) is 20.8. The van der Waals surface area contributed by atoms with Crippen molar-refractivity contribution in [3.05, 3.63) is 284 Å².